The molecule has 0 radical (unpaired) electrons. The maximum atomic E-state index is 6.36. The molecule has 0 aliphatic heterocycles. The van der Waals surface area contributed by atoms with Gasteiger partial charge in [-0.15, -0.1) is 0 Å². The molecule has 0 aliphatic rings. The van der Waals surface area contributed by atoms with Crippen molar-refractivity contribution in [3.05, 3.63) is 64.2 Å². The Kier molecular flexibility index (Phi) is 4.71. The van der Waals surface area contributed by atoms with E-state index in [9.17, 15) is 0 Å². The van der Waals surface area contributed by atoms with Gasteiger partial charge in [0.15, 0.2) is 0 Å². The van der Waals surface area contributed by atoms with Crippen LogP contribution >= 0.6 is 11.6 Å². The summed E-state index contributed by atoms with van der Waals surface area (Å²) < 4.78 is 5.30. The zero-order valence-electron chi connectivity index (χ0n) is 13.9. The first kappa shape index (κ1) is 16.3. The number of rotatable bonds is 5. The van der Waals surface area contributed by atoms with Gasteiger partial charge in [-0.1, -0.05) is 17.7 Å². The number of benzene rings is 1. The molecule has 3 aromatic rings. The summed E-state index contributed by atoms with van der Waals surface area (Å²) in [5.41, 5.74) is 3.91. The Balaban J connectivity index is 1.81. The lowest BCUT2D eigenvalue weighted by atomic mass is 10.1. The van der Waals surface area contributed by atoms with Crippen molar-refractivity contribution in [2.24, 2.45) is 0 Å². The number of nitrogens with one attached hydrogen (secondary N) is 2. The number of hydrogen-bond acceptors (Lipinski definition) is 5. The third kappa shape index (κ3) is 3.86. The van der Waals surface area contributed by atoms with Gasteiger partial charge in [-0.2, -0.15) is 4.98 Å². The fraction of sp³-hybridized carbons (Fsp3) is 0.222. The van der Waals surface area contributed by atoms with E-state index in [0.717, 1.165) is 28.3 Å². The highest BCUT2D eigenvalue weighted by Crippen LogP contribution is 2.30. The molecule has 0 bridgehead atoms. The summed E-state index contributed by atoms with van der Waals surface area (Å²) in [5.74, 6) is 2.06. The number of halogens is 1. The van der Waals surface area contributed by atoms with Crippen LogP contribution in [0.25, 0.3) is 0 Å². The van der Waals surface area contributed by atoms with Gasteiger partial charge in [-0.05, 0) is 50.1 Å². The molecule has 0 amide bonds. The van der Waals surface area contributed by atoms with E-state index in [4.69, 9.17) is 16.0 Å². The molecule has 0 saturated carbocycles. The summed E-state index contributed by atoms with van der Waals surface area (Å²) in [6.45, 7) is 6.49. The number of nitrogens with zero attached hydrogens (tertiary/aromatic N) is 2. The third-order valence-electron chi connectivity index (χ3n) is 3.54. The van der Waals surface area contributed by atoms with E-state index in [1.165, 1.54) is 0 Å². The lowest BCUT2D eigenvalue weighted by Gasteiger charge is -2.13. The summed E-state index contributed by atoms with van der Waals surface area (Å²) in [7, 11) is 0. The highest BCUT2D eigenvalue weighted by molar-refractivity contribution is 6.33. The molecule has 5 nitrogen and oxygen atoms in total. The largest absolute Gasteiger partial charge is 0.467 e. The summed E-state index contributed by atoms with van der Waals surface area (Å²) in [5, 5.41) is 7.13. The maximum Gasteiger partial charge on any atom is 0.225 e. The summed E-state index contributed by atoms with van der Waals surface area (Å²) in [6, 6.07) is 9.65. The van der Waals surface area contributed by atoms with Crippen molar-refractivity contribution in [3.8, 4) is 0 Å². The molecule has 0 aliphatic carbocycles. The Morgan fingerprint density at radius 1 is 1.12 bits per heavy atom. The predicted molar refractivity (Wildman–Crippen MR) is 97.0 cm³/mol. The first-order valence-electron chi connectivity index (χ1n) is 7.67. The van der Waals surface area contributed by atoms with Crippen molar-refractivity contribution >= 4 is 29.1 Å². The number of aromatic nitrogens is 2. The van der Waals surface area contributed by atoms with Gasteiger partial charge in [0.2, 0.25) is 5.95 Å². The Labute approximate surface area is 146 Å². The summed E-state index contributed by atoms with van der Waals surface area (Å²) >= 11 is 6.36. The van der Waals surface area contributed by atoms with E-state index >= 15 is 0 Å². The molecule has 124 valence electrons. The van der Waals surface area contributed by atoms with Crippen LogP contribution in [0.5, 0.6) is 0 Å². The van der Waals surface area contributed by atoms with Crippen LogP contribution in [-0.2, 0) is 6.54 Å². The first-order chi connectivity index (χ1) is 11.5. The molecular weight excluding hydrogens is 324 g/mol. The van der Waals surface area contributed by atoms with E-state index in [0.29, 0.717) is 23.3 Å². The lowest BCUT2D eigenvalue weighted by Crippen LogP contribution is -2.06. The molecule has 2 heterocycles. The molecule has 1 aromatic carbocycles. The smallest absolute Gasteiger partial charge is 0.225 e. The van der Waals surface area contributed by atoms with Gasteiger partial charge in [0.25, 0.3) is 0 Å². The molecule has 2 N–H and O–H groups in total. The fourth-order valence-electron chi connectivity index (χ4n) is 2.49. The van der Waals surface area contributed by atoms with E-state index in [1.54, 1.807) is 6.26 Å². The number of aryl methyl sites for hydroxylation is 3. The average Bonchev–Trinajstić information content (AvgIpc) is 3.02. The normalized spacial score (nSPS) is 10.7. The summed E-state index contributed by atoms with van der Waals surface area (Å²) in [6.07, 6.45) is 1.64. The van der Waals surface area contributed by atoms with Gasteiger partial charge in [0.05, 0.1) is 23.5 Å². The van der Waals surface area contributed by atoms with Gasteiger partial charge in [-0.3, -0.25) is 0 Å². The SMILES string of the molecule is Cc1cc(C)c(Nc2cc(C)nc(NCc3ccco3)n2)c(Cl)c1. The van der Waals surface area contributed by atoms with Crippen molar-refractivity contribution < 1.29 is 4.42 Å². The molecule has 0 saturated heterocycles. The Morgan fingerprint density at radius 3 is 2.67 bits per heavy atom. The molecule has 24 heavy (non-hydrogen) atoms. The van der Waals surface area contributed by atoms with Crippen LogP contribution in [0.3, 0.4) is 0 Å². The van der Waals surface area contributed by atoms with Crippen LogP contribution in [0, 0.1) is 20.8 Å². The van der Waals surface area contributed by atoms with Crippen molar-refractivity contribution in [2.45, 2.75) is 27.3 Å². The molecule has 2 aromatic heterocycles. The maximum absolute atomic E-state index is 6.36. The highest BCUT2D eigenvalue weighted by atomic mass is 35.5. The molecular formula is C18H19ClN4O. The minimum atomic E-state index is 0.528. The Morgan fingerprint density at radius 2 is 1.96 bits per heavy atom. The van der Waals surface area contributed by atoms with Crippen LogP contribution in [0.2, 0.25) is 5.02 Å². The minimum absolute atomic E-state index is 0.528. The number of hydrogen-bond donors (Lipinski definition) is 2. The number of anilines is 3. The topological polar surface area (TPSA) is 63.0 Å². The van der Waals surface area contributed by atoms with Crippen molar-refractivity contribution in [2.75, 3.05) is 10.6 Å². The van der Waals surface area contributed by atoms with Gasteiger partial charge in [0.1, 0.15) is 11.6 Å². The quantitative estimate of drug-likeness (QED) is 0.682. The number of furan rings is 1. The van der Waals surface area contributed by atoms with Gasteiger partial charge in [-0.25, -0.2) is 4.98 Å². The molecule has 3 rings (SSSR count). The third-order valence-corrected chi connectivity index (χ3v) is 3.84. The Hall–Kier alpha value is -2.53. The lowest BCUT2D eigenvalue weighted by molar-refractivity contribution is 0.517. The predicted octanol–water partition coefficient (Wildman–Crippen LogP) is 5.00. The van der Waals surface area contributed by atoms with E-state index in [-0.39, 0.29) is 0 Å². The second kappa shape index (κ2) is 6.93. The highest BCUT2D eigenvalue weighted by Gasteiger charge is 2.09. The monoisotopic (exact) mass is 342 g/mol. The van der Waals surface area contributed by atoms with Crippen molar-refractivity contribution in [3.63, 3.8) is 0 Å². The first-order valence-corrected chi connectivity index (χ1v) is 8.05. The van der Waals surface area contributed by atoms with Crippen LogP contribution in [0.4, 0.5) is 17.5 Å². The summed E-state index contributed by atoms with van der Waals surface area (Å²) in [4.78, 5) is 8.90. The molecule has 0 spiro atoms. The average molecular weight is 343 g/mol. The minimum Gasteiger partial charge on any atom is -0.467 e. The molecule has 0 fully saturated rings. The molecule has 0 atom stereocenters. The standard InChI is InChI=1S/C18H19ClN4O/c1-11-7-12(2)17(15(19)8-11)22-16-9-13(3)21-18(23-16)20-10-14-5-4-6-24-14/h4-9H,10H2,1-3H3,(H2,20,21,22,23). The van der Waals surface area contributed by atoms with Gasteiger partial charge < -0.3 is 15.1 Å². The zero-order valence-corrected chi connectivity index (χ0v) is 14.6. The van der Waals surface area contributed by atoms with Crippen LogP contribution in [0.1, 0.15) is 22.6 Å². The second-order valence-corrected chi connectivity index (χ2v) is 6.12. The van der Waals surface area contributed by atoms with Crippen molar-refractivity contribution in [1.82, 2.24) is 9.97 Å². The molecule has 0 unspecified atom stereocenters. The van der Waals surface area contributed by atoms with Gasteiger partial charge in [0, 0.05) is 11.8 Å². The van der Waals surface area contributed by atoms with Crippen molar-refractivity contribution in [1.29, 1.82) is 0 Å². The van der Waals surface area contributed by atoms with Crippen LogP contribution in [0.15, 0.2) is 41.0 Å². The van der Waals surface area contributed by atoms with Crippen LogP contribution in [-0.4, -0.2) is 9.97 Å². The fourth-order valence-corrected chi connectivity index (χ4v) is 2.86. The second-order valence-electron chi connectivity index (χ2n) is 5.71. The van der Waals surface area contributed by atoms with E-state index < -0.39 is 0 Å². The van der Waals surface area contributed by atoms with E-state index in [2.05, 4.69) is 26.7 Å². The molecule has 6 heteroatoms. The van der Waals surface area contributed by atoms with Gasteiger partial charge >= 0.3 is 0 Å². The van der Waals surface area contributed by atoms with Crippen LogP contribution < -0.4 is 10.6 Å². The zero-order chi connectivity index (χ0) is 17.1. The Bertz CT molecular complexity index is 823. The van der Waals surface area contributed by atoms with E-state index in [1.807, 2.05) is 45.0 Å².